The Balaban J connectivity index is 0. The van der Waals surface area contributed by atoms with E-state index in [1.807, 2.05) is 25.7 Å². The summed E-state index contributed by atoms with van der Waals surface area (Å²) in [5, 5.41) is 0. The molecule has 0 unspecified atom stereocenters. The minimum Gasteiger partial charge on any atom is -0.343 e. The first-order chi connectivity index (χ1) is 6.26. The lowest BCUT2D eigenvalue weighted by Crippen LogP contribution is -2.31. The summed E-state index contributed by atoms with van der Waals surface area (Å²) in [7, 11) is 0. The molecule has 0 aliphatic heterocycles. The smallest absolute Gasteiger partial charge is 0.222 e. The van der Waals surface area contributed by atoms with Gasteiger partial charge in [-0.05, 0) is 12.8 Å². The summed E-state index contributed by atoms with van der Waals surface area (Å²) in [5.41, 5.74) is 0. The lowest BCUT2D eigenvalue weighted by Gasteiger charge is -2.20. The zero-order chi connectivity index (χ0) is 10.7. The average Bonchev–Trinajstić information content (AvgIpc) is 2.19. The van der Waals surface area contributed by atoms with Crippen LogP contribution in [0.25, 0.3) is 0 Å². The van der Waals surface area contributed by atoms with Gasteiger partial charge in [-0.1, -0.05) is 34.6 Å². The molecule has 1 amide bonds. The predicted octanol–water partition coefficient (Wildman–Crippen LogP) is 3.07. The van der Waals surface area contributed by atoms with E-state index in [9.17, 15) is 4.79 Å². The van der Waals surface area contributed by atoms with Gasteiger partial charge in [-0.15, -0.1) is 0 Å². The Hall–Kier alpha value is -0.530. The molecule has 0 aromatic heterocycles. The molecule has 2 heteroatoms. The quantitative estimate of drug-likeness (QED) is 0.647. The molecular weight excluding hydrogens is 162 g/mol. The van der Waals surface area contributed by atoms with Crippen molar-refractivity contribution in [3.63, 3.8) is 0 Å². The second kappa shape index (κ2) is 11.5. The molecule has 0 aliphatic rings. The molecule has 0 bridgehead atoms. The number of carbonyl (C=O) groups excluding carboxylic acids is 1. The van der Waals surface area contributed by atoms with Gasteiger partial charge in [-0.3, -0.25) is 4.79 Å². The van der Waals surface area contributed by atoms with E-state index in [0.29, 0.717) is 6.42 Å². The standard InChI is InChI=1S/C9H19NO.C2H6/c1-4-7-10(8-5-2)9(11)6-3;1-2/h4-8H2,1-3H3;1-2H3. The second-order valence-corrected chi connectivity index (χ2v) is 2.73. The summed E-state index contributed by atoms with van der Waals surface area (Å²) in [6.45, 7) is 12.0. The van der Waals surface area contributed by atoms with Crippen molar-refractivity contribution in [3.05, 3.63) is 0 Å². The Morgan fingerprint density at radius 3 is 1.62 bits per heavy atom. The summed E-state index contributed by atoms with van der Waals surface area (Å²) in [5.74, 6) is 0.286. The monoisotopic (exact) mass is 187 g/mol. The Bertz CT molecular complexity index is 107. The lowest BCUT2D eigenvalue weighted by molar-refractivity contribution is -0.130. The second-order valence-electron chi connectivity index (χ2n) is 2.73. The van der Waals surface area contributed by atoms with Crippen molar-refractivity contribution in [1.82, 2.24) is 4.90 Å². The highest BCUT2D eigenvalue weighted by atomic mass is 16.2. The average molecular weight is 187 g/mol. The molecule has 0 saturated carbocycles. The van der Waals surface area contributed by atoms with E-state index < -0.39 is 0 Å². The maximum absolute atomic E-state index is 11.2. The van der Waals surface area contributed by atoms with Crippen LogP contribution < -0.4 is 0 Å². The maximum Gasteiger partial charge on any atom is 0.222 e. The van der Waals surface area contributed by atoms with Crippen molar-refractivity contribution in [2.45, 2.75) is 53.9 Å². The van der Waals surface area contributed by atoms with E-state index in [1.165, 1.54) is 0 Å². The zero-order valence-corrected chi connectivity index (χ0v) is 9.89. The molecule has 0 heterocycles. The number of amides is 1. The molecule has 0 N–H and O–H groups in total. The van der Waals surface area contributed by atoms with Crippen LogP contribution in [0.1, 0.15) is 53.9 Å². The minimum atomic E-state index is 0.286. The lowest BCUT2D eigenvalue weighted by atomic mass is 10.3. The van der Waals surface area contributed by atoms with Gasteiger partial charge >= 0.3 is 0 Å². The molecule has 0 rings (SSSR count). The van der Waals surface area contributed by atoms with Gasteiger partial charge in [0.15, 0.2) is 0 Å². The van der Waals surface area contributed by atoms with Gasteiger partial charge in [0.2, 0.25) is 5.91 Å². The molecule has 0 aromatic carbocycles. The first-order valence-electron chi connectivity index (χ1n) is 5.54. The molecule has 0 atom stereocenters. The molecule has 2 nitrogen and oxygen atoms in total. The van der Waals surface area contributed by atoms with Crippen LogP contribution in [-0.4, -0.2) is 23.9 Å². The van der Waals surface area contributed by atoms with Crippen LogP contribution in [0.5, 0.6) is 0 Å². The summed E-state index contributed by atoms with van der Waals surface area (Å²) >= 11 is 0. The van der Waals surface area contributed by atoms with E-state index >= 15 is 0 Å². The summed E-state index contributed by atoms with van der Waals surface area (Å²) < 4.78 is 0. The minimum absolute atomic E-state index is 0.286. The highest BCUT2D eigenvalue weighted by molar-refractivity contribution is 5.75. The number of hydrogen-bond donors (Lipinski definition) is 0. The van der Waals surface area contributed by atoms with Crippen molar-refractivity contribution < 1.29 is 4.79 Å². The van der Waals surface area contributed by atoms with Crippen molar-refractivity contribution in [2.24, 2.45) is 0 Å². The van der Waals surface area contributed by atoms with Gasteiger partial charge in [-0.2, -0.15) is 0 Å². The first-order valence-corrected chi connectivity index (χ1v) is 5.54. The van der Waals surface area contributed by atoms with Crippen LogP contribution in [0, 0.1) is 0 Å². The third-order valence-corrected chi connectivity index (χ3v) is 1.64. The molecule has 0 fully saturated rings. The molecule has 0 radical (unpaired) electrons. The highest BCUT2D eigenvalue weighted by Gasteiger charge is 2.07. The number of carbonyl (C=O) groups is 1. The van der Waals surface area contributed by atoms with Gasteiger partial charge in [0.05, 0.1) is 0 Å². The van der Waals surface area contributed by atoms with Crippen LogP contribution in [0.2, 0.25) is 0 Å². The SMILES string of the molecule is CC.CCCN(CCC)C(=O)CC. The van der Waals surface area contributed by atoms with Crippen molar-refractivity contribution >= 4 is 5.91 Å². The van der Waals surface area contributed by atoms with Crippen LogP contribution in [0.3, 0.4) is 0 Å². The van der Waals surface area contributed by atoms with Gasteiger partial charge in [0.1, 0.15) is 0 Å². The third kappa shape index (κ3) is 7.82. The fourth-order valence-electron chi connectivity index (χ4n) is 1.12. The van der Waals surface area contributed by atoms with Gasteiger partial charge < -0.3 is 4.90 Å². The van der Waals surface area contributed by atoms with Gasteiger partial charge in [0, 0.05) is 19.5 Å². The fraction of sp³-hybridized carbons (Fsp3) is 0.909. The fourth-order valence-corrected chi connectivity index (χ4v) is 1.12. The normalized spacial score (nSPS) is 8.69. The van der Waals surface area contributed by atoms with Crippen molar-refractivity contribution in [1.29, 1.82) is 0 Å². The van der Waals surface area contributed by atoms with Crippen molar-refractivity contribution in [3.8, 4) is 0 Å². The summed E-state index contributed by atoms with van der Waals surface area (Å²) in [6.07, 6.45) is 2.76. The maximum atomic E-state index is 11.2. The Morgan fingerprint density at radius 2 is 1.38 bits per heavy atom. The van der Waals surface area contributed by atoms with Crippen molar-refractivity contribution in [2.75, 3.05) is 13.1 Å². The first kappa shape index (κ1) is 15.0. The zero-order valence-electron chi connectivity index (χ0n) is 9.89. The molecule has 80 valence electrons. The number of rotatable bonds is 5. The van der Waals surface area contributed by atoms with Gasteiger partial charge in [0.25, 0.3) is 0 Å². The van der Waals surface area contributed by atoms with E-state index in [-0.39, 0.29) is 5.91 Å². The van der Waals surface area contributed by atoms with Crippen LogP contribution in [0.4, 0.5) is 0 Å². The Morgan fingerprint density at radius 1 is 1.00 bits per heavy atom. The third-order valence-electron chi connectivity index (χ3n) is 1.64. The number of hydrogen-bond acceptors (Lipinski definition) is 1. The molecule has 0 aromatic rings. The number of nitrogens with zero attached hydrogens (tertiary/aromatic N) is 1. The predicted molar refractivity (Wildman–Crippen MR) is 58.8 cm³/mol. The van der Waals surface area contributed by atoms with Crippen LogP contribution in [0.15, 0.2) is 0 Å². The molecule has 13 heavy (non-hydrogen) atoms. The molecule has 0 spiro atoms. The van der Waals surface area contributed by atoms with E-state index in [2.05, 4.69) is 13.8 Å². The van der Waals surface area contributed by atoms with E-state index in [0.717, 1.165) is 25.9 Å². The summed E-state index contributed by atoms with van der Waals surface area (Å²) in [6, 6.07) is 0. The van der Waals surface area contributed by atoms with E-state index in [1.54, 1.807) is 0 Å². The topological polar surface area (TPSA) is 20.3 Å². The molecule has 0 aliphatic carbocycles. The van der Waals surface area contributed by atoms with E-state index in [4.69, 9.17) is 0 Å². The largest absolute Gasteiger partial charge is 0.343 e. The summed E-state index contributed by atoms with van der Waals surface area (Å²) in [4.78, 5) is 13.2. The van der Waals surface area contributed by atoms with Crippen LogP contribution in [-0.2, 0) is 4.79 Å². The Kier molecular flexibility index (Phi) is 13.2. The van der Waals surface area contributed by atoms with Crippen LogP contribution >= 0.6 is 0 Å². The Labute approximate surface area is 83.3 Å². The molecular formula is C11H25NO. The van der Waals surface area contributed by atoms with Gasteiger partial charge in [-0.25, -0.2) is 0 Å². The highest BCUT2D eigenvalue weighted by Crippen LogP contribution is 1.97. The molecule has 0 saturated heterocycles.